The summed E-state index contributed by atoms with van der Waals surface area (Å²) in [4.78, 5) is 51.1. The number of nitrogens with zero attached hydrogens (tertiary/aromatic N) is 5. The Morgan fingerprint density at radius 2 is 2.09 bits per heavy atom. The first kappa shape index (κ1) is 21.6. The van der Waals surface area contributed by atoms with Crippen LogP contribution in [0.2, 0.25) is 0 Å². The molecule has 0 bridgehead atoms. The summed E-state index contributed by atoms with van der Waals surface area (Å²) in [5.41, 5.74) is 2.18. The van der Waals surface area contributed by atoms with Gasteiger partial charge >= 0.3 is 0 Å². The number of amides is 2. The van der Waals surface area contributed by atoms with Crippen molar-refractivity contribution < 1.29 is 9.59 Å². The molecule has 5 rings (SSSR count). The monoisotopic (exact) mass is 466 g/mol. The number of nitrogens with one attached hydrogen (secondary N) is 1. The van der Waals surface area contributed by atoms with Gasteiger partial charge in [0.2, 0.25) is 11.8 Å². The predicted molar refractivity (Wildman–Crippen MR) is 128 cm³/mol. The molecule has 0 saturated carbocycles. The minimum Gasteiger partial charge on any atom is -0.356 e. The zero-order valence-electron chi connectivity index (χ0n) is 18.5. The van der Waals surface area contributed by atoms with Gasteiger partial charge in [-0.15, -0.1) is 0 Å². The number of anilines is 2. The highest BCUT2D eigenvalue weighted by Gasteiger charge is 2.28. The normalized spacial score (nSPS) is 17.9. The fourth-order valence-corrected chi connectivity index (χ4v) is 5.60. The van der Waals surface area contributed by atoms with E-state index in [1.165, 1.54) is 22.2 Å². The third kappa shape index (κ3) is 4.10. The molecular formula is C23H26N6O3S. The Kier molecular flexibility index (Phi) is 5.84. The van der Waals surface area contributed by atoms with Gasteiger partial charge in [0.05, 0.1) is 5.92 Å². The minimum atomic E-state index is -0.262. The third-order valence-corrected chi connectivity index (χ3v) is 7.37. The molecular weight excluding hydrogens is 440 g/mol. The van der Waals surface area contributed by atoms with Gasteiger partial charge in [0, 0.05) is 31.9 Å². The van der Waals surface area contributed by atoms with Crippen LogP contribution in [0, 0.1) is 5.92 Å². The van der Waals surface area contributed by atoms with Gasteiger partial charge in [-0.25, -0.2) is 4.98 Å². The lowest BCUT2D eigenvalue weighted by molar-refractivity contribution is -0.125. The minimum absolute atomic E-state index is 0.0609. The lowest BCUT2D eigenvalue weighted by atomic mass is 9.97. The van der Waals surface area contributed by atoms with Crippen molar-refractivity contribution in [3.63, 3.8) is 0 Å². The topological polar surface area (TPSA) is 100 Å². The maximum atomic E-state index is 13.1. The molecule has 9 nitrogen and oxygen atoms in total. The van der Waals surface area contributed by atoms with Crippen LogP contribution in [-0.2, 0) is 22.6 Å². The molecule has 3 aromatic rings. The van der Waals surface area contributed by atoms with E-state index in [2.05, 4.69) is 20.2 Å². The van der Waals surface area contributed by atoms with Gasteiger partial charge < -0.3 is 15.1 Å². The van der Waals surface area contributed by atoms with E-state index in [1.54, 1.807) is 4.90 Å². The largest absolute Gasteiger partial charge is 0.356 e. The van der Waals surface area contributed by atoms with E-state index >= 15 is 0 Å². The molecule has 0 spiro atoms. The smallest absolute Gasteiger partial charge is 0.273 e. The summed E-state index contributed by atoms with van der Waals surface area (Å²) in [7, 11) is 0. The van der Waals surface area contributed by atoms with E-state index < -0.39 is 0 Å². The van der Waals surface area contributed by atoms with Crippen molar-refractivity contribution in [2.45, 2.75) is 32.7 Å². The first-order valence-electron chi connectivity index (χ1n) is 11.3. The Labute approximate surface area is 195 Å². The summed E-state index contributed by atoms with van der Waals surface area (Å²) >= 11 is 1.28. The Morgan fingerprint density at radius 1 is 1.24 bits per heavy atom. The summed E-state index contributed by atoms with van der Waals surface area (Å²) in [6, 6.07) is 7.85. The number of fused-ring (bicyclic) bond motifs is 2. The molecule has 33 heavy (non-hydrogen) atoms. The second-order valence-electron chi connectivity index (χ2n) is 8.43. The number of piperidine rings is 1. The van der Waals surface area contributed by atoms with Crippen molar-refractivity contribution in [3.05, 3.63) is 46.5 Å². The molecule has 4 heterocycles. The zero-order chi connectivity index (χ0) is 22.9. The zero-order valence-corrected chi connectivity index (χ0v) is 19.3. The van der Waals surface area contributed by atoms with Gasteiger partial charge in [0.15, 0.2) is 10.8 Å². The van der Waals surface area contributed by atoms with Crippen molar-refractivity contribution in [2.24, 2.45) is 5.92 Å². The Bertz CT molecular complexity index is 1270. The molecule has 2 aliphatic heterocycles. The first-order chi connectivity index (χ1) is 16.0. The highest BCUT2D eigenvalue weighted by atomic mass is 32.1. The SMILES string of the molecule is CCNC(=O)C1CCCN(c2nc3ncn(CC(=O)N4CCc5ccccc54)c(=O)c3s2)C1. The molecule has 1 saturated heterocycles. The molecule has 0 aliphatic carbocycles. The predicted octanol–water partition coefficient (Wildman–Crippen LogP) is 1.79. The molecule has 1 atom stereocenters. The van der Waals surface area contributed by atoms with Gasteiger partial charge in [-0.05, 0) is 37.8 Å². The maximum absolute atomic E-state index is 13.1. The van der Waals surface area contributed by atoms with Crippen molar-refractivity contribution in [3.8, 4) is 0 Å². The van der Waals surface area contributed by atoms with Crippen molar-refractivity contribution in [2.75, 3.05) is 36.0 Å². The standard InChI is InChI=1S/C23H26N6O3S/c1-2-24-21(31)16-7-5-10-27(12-16)23-26-20-19(33-23)22(32)28(14-25-20)13-18(30)29-11-9-15-6-3-4-8-17(15)29/h3-4,6,8,14,16H,2,5,7,9-13H2,1H3,(H,24,31). The number of thiazole rings is 1. The third-order valence-electron chi connectivity index (χ3n) is 6.28. The van der Waals surface area contributed by atoms with Gasteiger partial charge in [-0.2, -0.15) is 4.98 Å². The van der Waals surface area contributed by atoms with Gasteiger partial charge in [-0.1, -0.05) is 29.5 Å². The molecule has 2 amide bonds. The molecule has 0 radical (unpaired) electrons. The average Bonchev–Trinajstić information content (AvgIpc) is 3.46. The number of aromatic nitrogens is 3. The van der Waals surface area contributed by atoms with E-state index in [4.69, 9.17) is 0 Å². The van der Waals surface area contributed by atoms with E-state index in [9.17, 15) is 14.4 Å². The summed E-state index contributed by atoms with van der Waals surface area (Å²) < 4.78 is 1.80. The number of hydrogen-bond donors (Lipinski definition) is 1. The van der Waals surface area contributed by atoms with Crippen LogP contribution in [0.25, 0.3) is 10.3 Å². The number of carbonyl (C=O) groups excluding carboxylic acids is 2. The molecule has 10 heteroatoms. The summed E-state index contributed by atoms with van der Waals surface area (Å²) in [5.74, 6) is -0.157. The fourth-order valence-electron chi connectivity index (χ4n) is 4.59. The molecule has 1 fully saturated rings. The van der Waals surface area contributed by atoms with E-state index in [0.717, 1.165) is 37.1 Å². The van der Waals surface area contributed by atoms with Crippen LogP contribution in [0.5, 0.6) is 0 Å². The van der Waals surface area contributed by atoms with Crippen LogP contribution in [-0.4, -0.2) is 52.5 Å². The Morgan fingerprint density at radius 3 is 2.94 bits per heavy atom. The van der Waals surface area contributed by atoms with Gasteiger partial charge in [-0.3, -0.25) is 19.0 Å². The Balaban J connectivity index is 1.35. The molecule has 2 aromatic heterocycles. The highest BCUT2D eigenvalue weighted by Crippen LogP contribution is 2.30. The number of hydrogen-bond acceptors (Lipinski definition) is 7. The van der Waals surface area contributed by atoms with Crippen LogP contribution >= 0.6 is 11.3 Å². The van der Waals surface area contributed by atoms with Crippen molar-refractivity contribution >= 4 is 44.3 Å². The van der Waals surface area contributed by atoms with Crippen LogP contribution in [0.4, 0.5) is 10.8 Å². The lowest BCUT2D eigenvalue weighted by Crippen LogP contribution is -2.43. The molecule has 2 aliphatic rings. The summed E-state index contributed by atoms with van der Waals surface area (Å²) in [6.07, 6.45) is 3.96. The highest BCUT2D eigenvalue weighted by molar-refractivity contribution is 7.22. The number of carbonyl (C=O) groups is 2. The number of benzene rings is 1. The van der Waals surface area contributed by atoms with Crippen LogP contribution in [0.3, 0.4) is 0 Å². The van der Waals surface area contributed by atoms with Crippen molar-refractivity contribution in [1.82, 2.24) is 19.9 Å². The van der Waals surface area contributed by atoms with E-state index in [1.807, 2.05) is 31.2 Å². The van der Waals surface area contributed by atoms with Crippen LogP contribution in [0.1, 0.15) is 25.3 Å². The van der Waals surface area contributed by atoms with E-state index in [-0.39, 0.29) is 29.8 Å². The average molecular weight is 467 g/mol. The fraction of sp³-hybridized carbons (Fsp3) is 0.435. The molecule has 1 unspecified atom stereocenters. The van der Waals surface area contributed by atoms with E-state index in [0.29, 0.717) is 35.1 Å². The van der Waals surface area contributed by atoms with Crippen LogP contribution in [0.15, 0.2) is 35.4 Å². The lowest BCUT2D eigenvalue weighted by Gasteiger charge is -2.31. The Hall–Kier alpha value is -3.27. The second kappa shape index (κ2) is 8.93. The maximum Gasteiger partial charge on any atom is 0.273 e. The summed E-state index contributed by atoms with van der Waals surface area (Å²) in [5, 5.41) is 3.59. The van der Waals surface area contributed by atoms with Crippen molar-refractivity contribution in [1.29, 1.82) is 0 Å². The first-order valence-corrected chi connectivity index (χ1v) is 12.1. The molecule has 1 aromatic carbocycles. The molecule has 172 valence electrons. The number of para-hydroxylation sites is 1. The number of rotatable bonds is 5. The van der Waals surface area contributed by atoms with Gasteiger partial charge in [0.1, 0.15) is 17.6 Å². The second-order valence-corrected chi connectivity index (χ2v) is 9.41. The molecule has 1 N–H and O–H groups in total. The van der Waals surface area contributed by atoms with Gasteiger partial charge in [0.25, 0.3) is 5.56 Å². The van der Waals surface area contributed by atoms with Crippen LogP contribution < -0.4 is 20.7 Å². The summed E-state index contributed by atoms with van der Waals surface area (Å²) in [6.45, 7) is 4.45. The quantitative estimate of drug-likeness (QED) is 0.615.